The molecule has 0 aromatic heterocycles. The molecule has 1 aliphatic heterocycles. The summed E-state index contributed by atoms with van der Waals surface area (Å²) in [4.78, 5) is 0. The Morgan fingerprint density at radius 2 is 2.20 bits per heavy atom. The average molecular weight is 217 g/mol. The van der Waals surface area contributed by atoms with Crippen LogP contribution in [-0.4, -0.2) is 47.7 Å². The first kappa shape index (κ1) is 12.9. The van der Waals surface area contributed by atoms with Crippen molar-refractivity contribution in [1.29, 1.82) is 0 Å². The van der Waals surface area contributed by atoms with Crippen LogP contribution in [0.2, 0.25) is 0 Å². The van der Waals surface area contributed by atoms with Crippen LogP contribution < -0.4 is 5.32 Å². The van der Waals surface area contributed by atoms with Crippen LogP contribution in [0.1, 0.15) is 33.1 Å². The molecule has 1 rings (SSSR count). The second-order valence-corrected chi connectivity index (χ2v) is 4.37. The van der Waals surface area contributed by atoms with E-state index in [-0.39, 0.29) is 19.3 Å². The van der Waals surface area contributed by atoms with Gasteiger partial charge in [0.15, 0.2) is 0 Å². The van der Waals surface area contributed by atoms with Crippen molar-refractivity contribution in [2.24, 2.45) is 0 Å². The summed E-state index contributed by atoms with van der Waals surface area (Å²) in [5, 5.41) is 21.4. The molecule has 4 unspecified atom stereocenters. The van der Waals surface area contributed by atoms with Crippen LogP contribution >= 0.6 is 0 Å². The second kappa shape index (κ2) is 6.43. The lowest BCUT2D eigenvalue weighted by atomic mass is 9.95. The molecule has 0 spiro atoms. The number of ether oxygens (including phenoxy) is 1. The third-order valence-electron chi connectivity index (χ3n) is 2.98. The fourth-order valence-corrected chi connectivity index (χ4v) is 2.04. The van der Waals surface area contributed by atoms with Gasteiger partial charge >= 0.3 is 0 Å². The van der Waals surface area contributed by atoms with Crippen molar-refractivity contribution in [2.75, 3.05) is 13.2 Å². The molecule has 0 aromatic rings. The van der Waals surface area contributed by atoms with Crippen LogP contribution in [0.4, 0.5) is 0 Å². The number of aliphatic hydroxyl groups is 2. The van der Waals surface area contributed by atoms with E-state index in [1.165, 1.54) is 0 Å². The van der Waals surface area contributed by atoms with Crippen LogP contribution in [0, 0.1) is 0 Å². The Hall–Kier alpha value is -0.160. The van der Waals surface area contributed by atoms with Crippen molar-refractivity contribution in [3.63, 3.8) is 0 Å². The first-order valence-electron chi connectivity index (χ1n) is 5.84. The summed E-state index contributed by atoms with van der Waals surface area (Å²) in [6.07, 6.45) is 2.60. The Kier molecular flexibility index (Phi) is 5.53. The van der Waals surface area contributed by atoms with Crippen LogP contribution in [0.3, 0.4) is 0 Å². The van der Waals surface area contributed by atoms with E-state index in [2.05, 4.69) is 19.2 Å². The quantitative estimate of drug-likeness (QED) is 0.619. The molecule has 4 atom stereocenters. The fourth-order valence-electron chi connectivity index (χ4n) is 2.04. The Morgan fingerprint density at radius 1 is 1.47 bits per heavy atom. The first-order valence-corrected chi connectivity index (χ1v) is 5.84. The molecule has 0 amide bonds. The third kappa shape index (κ3) is 4.07. The molecule has 4 heteroatoms. The molecule has 4 nitrogen and oxygen atoms in total. The van der Waals surface area contributed by atoms with Crippen molar-refractivity contribution in [2.45, 2.75) is 57.4 Å². The molecular weight excluding hydrogens is 194 g/mol. The summed E-state index contributed by atoms with van der Waals surface area (Å²) in [5.41, 5.74) is 0. The largest absolute Gasteiger partial charge is 0.394 e. The van der Waals surface area contributed by atoms with Crippen molar-refractivity contribution in [3.8, 4) is 0 Å². The standard InChI is InChI=1S/C11H23NO3/c1-3-10-11(5-4-8(2)12-10)15-7-9(14)6-13/h8-14H,3-7H2,1-2H3. The zero-order valence-corrected chi connectivity index (χ0v) is 9.65. The van der Waals surface area contributed by atoms with Gasteiger partial charge in [-0.2, -0.15) is 0 Å². The maximum Gasteiger partial charge on any atom is 0.100 e. The van der Waals surface area contributed by atoms with Gasteiger partial charge in [0.05, 0.1) is 19.3 Å². The van der Waals surface area contributed by atoms with Gasteiger partial charge in [0, 0.05) is 12.1 Å². The summed E-state index contributed by atoms with van der Waals surface area (Å²) >= 11 is 0. The highest BCUT2D eigenvalue weighted by Gasteiger charge is 2.27. The van der Waals surface area contributed by atoms with Gasteiger partial charge in [-0.25, -0.2) is 0 Å². The summed E-state index contributed by atoms with van der Waals surface area (Å²) in [7, 11) is 0. The molecule has 3 N–H and O–H groups in total. The molecule has 0 aliphatic carbocycles. The van der Waals surface area contributed by atoms with Gasteiger partial charge < -0.3 is 20.3 Å². The molecule has 1 heterocycles. The molecule has 1 fully saturated rings. The molecule has 0 bridgehead atoms. The van der Waals surface area contributed by atoms with E-state index in [0.717, 1.165) is 19.3 Å². The minimum Gasteiger partial charge on any atom is -0.394 e. The lowest BCUT2D eigenvalue weighted by molar-refractivity contribution is -0.0542. The van der Waals surface area contributed by atoms with Crippen molar-refractivity contribution in [1.82, 2.24) is 5.32 Å². The SMILES string of the molecule is CCC1NC(C)CCC1OCC(O)CO. The van der Waals surface area contributed by atoms with Gasteiger partial charge in [0.25, 0.3) is 0 Å². The van der Waals surface area contributed by atoms with E-state index in [1.807, 2.05) is 0 Å². The van der Waals surface area contributed by atoms with Crippen LogP contribution in [0.25, 0.3) is 0 Å². The summed E-state index contributed by atoms with van der Waals surface area (Å²) in [6.45, 7) is 4.32. The minimum atomic E-state index is -0.748. The predicted octanol–water partition coefficient (Wildman–Crippen LogP) is 0.275. The number of aliphatic hydroxyl groups excluding tert-OH is 2. The lowest BCUT2D eigenvalue weighted by Crippen LogP contribution is -2.50. The monoisotopic (exact) mass is 217 g/mol. The zero-order valence-electron chi connectivity index (χ0n) is 9.65. The zero-order chi connectivity index (χ0) is 11.3. The van der Waals surface area contributed by atoms with E-state index in [0.29, 0.717) is 12.1 Å². The molecule has 90 valence electrons. The van der Waals surface area contributed by atoms with Crippen LogP contribution in [0.15, 0.2) is 0 Å². The summed E-state index contributed by atoms with van der Waals surface area (Å²) < 4.78 is 5.61. The number of hydrogen-bond donors (Lipinski definition) is 3. The minimum absolute atomic E-state index is 0.174. The van der Waals surface area contributed by atoms with Crippen molar-refractivity contribution < 1.29 is 14.9 Å². The Bertz CT molecular complexity index is 177. The summed E-state index contributed by atoms with van der Waals surface area (Å²) in [5.74, 6) is 0. The highest BCUT2D eigenvalue weighted by molar-refractivity contribution is 4.85. The average Bonchev–Trinajstić information content (AvgIpc) is 2.26. The first-order chi connectivity index (χ1) is 7.17. The Morgan fingerprint density at radius 3 is 2.80 bits per heavy atom. The highest BCUT2D eigenvalue weighted by atomic mass is 16.5. The highest BCUT2D eigenvalue weighted by Crippen LogP contribution is 2.18. The maximum atomic E-state index is 9.20. The van der Waals surface area contributed by atoms with Crippen LogP contribution in [0.5, 0.6) is 0 Å². The van der Waals surface area contributed by atoms with Gasteiger partial charge in [-0.3, -0.25) is 0 Å². The number of nitrogens with one attached hydrogen (secondary N) is 1. The molecule has 1 saturated heterocycles. The fraction of sp³-hybridized carbons (Fsp3) is 1.00. The Balaban J connectivity index is 2.32. The third-order valence-corrected chi connectivity index (χ3v) is 2.98. The number of piperidine rings is 1. The van der Waals surface area contributed by atoms with Crippen molar-refractivity contribution in [3.05, 3.63) is 0 Å². The van der Waals surface area contributed by atoms with E-state index in [1.54, 1.807) is 0 Å². The van der Waals surface area contributed by atoms with Crippen molar-refractivity contribution >= 4 is 0 Å². The van der Waals surface area contributed by atoms with Crippen LogP contribution in [-0.2, 0) is 4.74 Å². The molecular formula is C11H23NO3. The van der Waals surface area contributed by atoms with E-state index in [4.69, 9.17) is 9.84 Å². The molecule has 0 aromatic carbocycles. The predicted molar refractivity (Wildman–Crippen MR) is 58.7 cm³/mol. The van der Waals surface area contributed by atoms with Gasteiger partial charge in [-0.15, -0.1) is 0 Å². The molecule has 15 heavy (non-hydrogen) atoms. The van der Waals surface area contributed by atoms with E-state index >= 15 is 0 Å². The maximum absolute atomic E-state index is 9.20. The van der Waals surface area contributed by atoms with Gasteiger partial charge in [0.2, 0.25) is 0 Å². The van der Waals surface area contributed by atoms with Gasteiger partial charge in [-0.1, -0.05) is 6.92 Å². The molecule has 1 aliphatic rings. The number of rotatable bonds is 5. The normalized spacial score (nSPS) is 34.0. The second-order valence-electron chi connectivity index (χ2n) is 4.37. The van der Waals surface area contributed by atoms with E-state index < -0.39 is 6.10 Å². The Labute approximate surface area is 91.6 Å². The molecule has 0 radical (unpaired) electrons. The van der Waals surface area contributed by atoms with Gasteiger partial charge in [-0.05, 0) is 26.2 Å². The van der Waals surface area contributed by atoms with E-state index in [9.17, 15) is 5.11 Å². The molecule has 0 saturated carbocycles. The van der Waals surface area contributed by atoms with Gasteiger partial charge in [0.1, 0.15) is 6.10 Å². The number of hydrogen-bond acceptors (Lipinski definition) is 4. The summed E-state index contributed by atoms with van der Waals surface area (Å²) in [6, 6.07) is 0.928. The smallest absolute Gasteiger partial charge is 0.100 e. The lowest BCUT2D eigenvalue weighted by Gasteiger charge is -2.36. The topological polar surface area (TPSA) is 61.7 Å².